The molecule has 1 rings (SSSR count). The maximum Gasteiger partial charge on any atom is 0.254 e. The molecular weight excluding hydrogens is 229 g/mol. The molecule has 0 saturated heterocycles. The fraction of sp³-hybridized carbons (Fsp3) is 0.417. The number of halogens is 2. The molecule has 16 heavy (non-hydrogen) atoms. The third-order valence-corrected chi connectivity index (χ3v) is 2.48. The summed E-state index contributed by atoms with van der Waals surface area (Å²) >= 11 is 5.52. The van der Waals surface area contributed by atoms with E-state index in [0.29, 0.717) is 12.4 Å². The van der Waals surface area contributed by atoms with Gasteiger partial charge >= 0.3 is 0 Å². The number of alkyl halides is 1. The molecule has 0 fully saturated rings. The number of carbonyl (C=O) groups excluding carboxylic acids is 1. The largest absolute Gasteiger partial charge is 0.352 e. The topological polar surface area (TPSA) is 29.1 Å². The van der Waals surface area contributed by atoms with Gasteiger partial charge in [-0.3, -0.25) is 4.79 Å². The monoisotopic (exact) mass is 243 g/mol. The Morgan fingerprint density at radius 2 is 2.00 bits per heavy atom. The molecular formula is C12H15ClFNO. The van der Waals surface area contributed by atoms with Gasteiger partial charge < -0.3 is 5.32 Å². The van der Waals surface area contributed by atoms with Gasteiger partial charge in [-0.25, -0.2) is 4.39 Å². The van der Waals surface area contributed by atoms with Crippen molar-refractivity contribution in [3.8, 4) is 0 Å². The smallest absolute Gasteiger partial charge is 0.254 e. The van der Waals surface area contributed by atoms with E-state index in [1.54, 1.807) is 12.1 Å². The van der Waals surface area contributed by atoms with Gasteiger partial charge in [-0.2, -0.15) is 0 Å². The summed E-state index contributed by atoms with van der Waals surface area (Å²) < 4.78 is 13.2. The predicted molar refractivity (Wildman–Crippen MR) is 63.3 cm³/mol. The second kappa shape index (κ2) is 7.23. The Morgan fingerprint density at radius 1 is 1.25 bits per heavy atom. The van der Waals surface area contributed by atoms with Gasteiger partial charge in [0.1, 0.15) is 5.82 Å². The first kappa shape index (κ1) is 13.0. The van der Waals surface area contributed by atoms with Gasteiger partial charge in [-0.15, -0.1) is 11.6 Å². The molecule has 0 atom stereocenters. The van der Waals surface area contributed by atoms with Crippen LogP contribution in [0.15, 0.2) is 24.3 Å². The fourth-order valence-electron chi connectivity index (χ4n) is 1.34. The molecule has 1 N–H and O–H groups in total. The van der Waals surface area contributed by atoms with Crippen LogP contribution in [0.5, 0.6) is 0 Å². The van der Waals surface area contributed by atoms with E-state index in [1.165, 1.54) is 12.1 Å². The zero-order chi connectivity index (χ0) is 11.8. The van der Waals surface area contributed by atoms with Crippen molar-refractivity contribution in [3.05, 3.63) is 35.6 Å². The van der Waals surface area contributed by atoms with Crippen LogP contribution in [0.4, 0.5) is 4.39 Å². The van der Waals surface area contributed by atoms with E-state index in [9.17, 15) is 9.18 Å². The third kappa shape index (κ3) is 4.19. The van der Waals surface area contributed by atoms with Gasteiger partial charge in [0.05, 0.1) is 5.56 Å². The minimum atomic E-state index is -0.485. The molecule has 0 unspecified atom stereocenters. The van der Waals surface area contributed by atoms with E-state index < -0.39 is 5.82 Å². The molecule has 0 heterocycles. The summed E-state index contributed by atoms with van der Waals surface area (Å²) in [7, 11) is 0. The summed E-state index contributed by atoms with van der Waals surface area (Å²) in [4.78, 5) is 11.5. The fourth-order valence-corrected chi connectivity index (χ4v) is 1.53. The lowest BCUT2D eigenvalue weighted by Crippen LogP contribution is -2.25. The Kier molecular flexibility index (Phi) is 5.86. The van der Waals surface area contributed by atoms with Crippen molar-refractivity contribution in [2.75, 3.05) is 12.4 Å². The predicted octanol–water partition coefficient (Wildman–Crippen LogP) is 2.96. The molecule has 1 aromatic carbocycles. The number of rotatable bonds is 6. The van der Waals surface area contributed by atoms with Gasteiger partial charge in [0.15, 0.2) is 0 Å². The lowest BCUT2D eigenvalue weighted by Gasteiger charge is -2.05. The highest BCUT2D eigenvalue weighted by Gasteiger charge is 2.09. The minimum absolute atomic E-state index is 0.0971. The zero-order valence-corrected chi connectivity index (χ0v) is 9.77. The van der Waals surface area contributed by atoms with E-state index in [0.717, 1.165) is 19.3 Å². The lowest BCUT2D eigenvalue weighted by atomic mass is 10.2. The van der Waals surface area contributed by atoms with E-state index in [1.807, 2.05) is 0 Å². The number of unbranched alkanes of at least 4 members (excludes halogenated alkanes) is 2. The van der Waals surface area contributed by atoms with E-state index in [-0.39, 0.29) is 11.5 Å². The lowest BCUT2D eigenvalue weighted by molar-refractivity contribution is 0.0949. The number of nitrogens with one attached hydrogen (secondary N) is 1. The van der Waals surface area contributed by atoms with Crippen molar-refractivity contribution in [1.29, 1.82) is 0 Å². The second-order valence-corrected chi connectivity index (χ2v) is 3.86. The Balaban J connectivity index is 2.33. The van der Waals surface area contributed by atoms with Crippen molar-refractivity contribution in [2.45, 2.75) is 19.3 Å². The van der Waals surface area contributed by atoms with Gasteiger partial charge in [-0.05, 0) is 25.0 Å². The Labute approximate surface area is 99.8 Å². The minimum Gasteiger partial charge on any atom is -0.352 e. The van der Waals surface area contributed by atoms with Crippen LogP contribution in [0.3, 0.4) is 0 Å². The highest BCUT2D eigenvalue weighted by atomic mass is 35.5. The average molecular weight is 244 g/mol. The number of hydrogen-bond donors (Lipinski definition) is 1. The molecule has 88 valence electrons. The van der Waals surface area contributed by atoms with Crippen molar-refractivity contribution in [1.82, 2.24) is 5.32 Å². The number of amides is 1. The van der Waals surface area contributed by atoms with E-state index >= 15 is 0 Å². The first-order valence-corrected chi connectivity index (χ1v) is 5.88. The first-order chi connectivity index (χ1) is 7.75. The Bertz CT molecular complexity index is 344. The quantitative estimate of drug-likeness (QED) is 0.604. The second-order valence-electron chi connectivity index (χ2n) is 3.49. The molecule has 0 aliphatic heterocycles. The SMILES string of the molecule is O=C(NCCCCCCl)c1ccccc1F. The summed E-state index contributed by atoms with van der Waals surface area (Å²) in [5.74, 6) is -0.203. The standard InChI is InChI=1S/C12H15ClFNO/c13-8-4-1-5-9-15-12(16)10-6-2-3-7-11(10)14/h2-3,6-7H,1,4-5,8-9H2,(H,15,16). The van der Waals surface area contributed by atoms with Crippen LogP contribution in [0.1, 0.15) is 29.6 Å². The molecule has 2 nitrogen and oxygen atoms in total. The van der Waals surface area contributed by atoms with E-state index in [4.69, 9.17) is 11.6 Å². The van der Waals surface area contributed by atoms with Crippen LogP contribution in [0, 0.1) is 5.82 Å². The maximum absolute atomic E-state index is 13.2. The van der Waals surface area contributed by atoms with Gasteiger partial charge in [0, 0.05) is 12.4 Å². The average Bonchev–Trinajstić information content (AvgIpc) is 2.29. The van der Waals surface area contributed by atoms with Crippen LogP contribution < -0.4 is 5.32 Å². The molecule has 0 saturated carbocycles. The van der Waals surface area contributed by atoms with Crippen molar-refractivity contribution in [3.63, 3.8) is 0 Å². The third-order valence-electron chi connectivity index (χ3n) is 2.21. The van der Waals surface area contributed by atoms with Gasteiger partial charge in [0.25, 0.3) is 5.91 Å². The van der Waals surface area contributed by atoms with Crippen molar-refractivity contribution < 1.29 is 9.18 Å². The summed E-state index contributed by atoms with van der Waals surface area (Å²) in [5.41, 5.74) is 0.0971. The highest BCUT2D eigenvalue weighted by Crippen LogP contribution is 2.05. The molecule has 0 aliphatic carbocycles. The van der Waals surface area contributed by atoms with Crippen molar-refractivity contribution >= 4 is 17.5 Å². The molecule has 0 aromatic heterocycles. The zero-order valence-electron chi connectivity index (χ0n) is 9.01. The van der Waals surface area contributed by atoms with Crippen molar-refractivity contribution in [2.24, 2.45) is 0 Å². The van der Waals surface area contributed by atoms with Crippen LogP contribution in [0.2, 0.25) is 0 Å². The Hall–Kier alpha value is -1.09. The molecule has 0 radical (unpaired) electrons. The van der Waals surface area contributed by atoms with Gasteiger partial charge in [-0.1, -0.05) is 18.6 Å². The van der Waals surface area contributed by atoms with Crippen LogP contribution in [-0.2, 0) is 0 Å². The number of carbonyl (C=O) groups is 1. The highest BCUT2D eigenvalue weighted by molar-refractivity contribution is 6.17. The molecule has 4 heteroatoms. The van der Waals surface area contributed by atoms with E-state index in [2.05, 4.69) is 5.32 Å². The number of benzene rings is 1. The summed E-state index contributed by atoms with van der Waals surface area (Å²) in [5, 5.41) is 2.68. The first-order valence-electron chi connectivity index (χ1n) is 5.34. The number of hydrogen-bond acceptors (Lipinski definition) is 1. The van der Waals surface area contributed by atoms with Crippen LogP contribution >= 0.6 is 11.6 Å². The molecule has 0 spiro atoms. The van der Waals surface area contributed by atoms with Crippen LogP contribution in [-0.4, -0.2) is 18.3 Å². The maximum atomic E-state index is 13.2. The molecule has 0 bridgehead atoms. The van der Waals surface area contributed by atoms with Crippen LogP contribution in [0.25, 0.3) is 0 Å². The summed E-state index contributed by atoms with van der Waals surface area (Å²) in [6.07, 6.45) is 2.78. The molecule has 1 aromatic rings. The van der Waals surface area contributed by atoms with Gasteiger partial charge in [0.2, 0.25) is 0 Å². The Morgan fingerprint density at radius 3 is 2.69 bits per heavy atom. The normalized spacial score (nSPS) is 10.1. The summed E-state index contributed by atoms with van der Waals surface area (Å²) in [6, 6.07) is 5.96. The molecule has 0 aliphatic rings. The molecule has 1 amide bonds. The summed E-state index contributed by atoms with van der Waals surface area (Å²) in [6.45, 7) is 0.560.